The average Bonchev–Trinajstić information content (AvgIpc) is 2.47. The summed E-state index contributed by atoms with van der Waals surface area (Å²) in [5, 5.41) is 10.7. The molecule has 8 nitrogen and oxygen atoms in total. The summed E-state index contributed by atoms with van der Waals surface area (Å²) in [5.41, 5.74) is -0.265. The molecule has 0 aromatic heterocycles. The molecule has 1 aliphatic rings. The minimum atomic E-state index is -3.78. The molecule has 0 atom stereocenters. The summed E-state index contributed by atoms with van der Waals surface area (Å²) in [7, 11) is -3.78. The Morgan fingerprint density at radius 3 is 2.38 bits per heavy atom. The second-order valence-electron chi connectivity index (χ2n) is 4.66. The van der Waals surface area contributed by atoms with E-state index in [1.54, 1.807) is 4.90 Å². The molecule has 0 spiro atoms. The van der Waals surface area contributed by atoms with Crippen molar-refractivity contribution < 1.29 is 18.1 Å². The first-order valence-electron chi connectivity index (χ1n) is 6.32. The second kappa shape index (κ2) is 5.78. The van der Waals surface area contributed by atoms with Gasteiger partial charge in [-0.15, -0.1) is 0 Å². The number of nitrogens with zero attached hydrogens (tertiary/aromatic N) is 3. The van der Waals surface area contributed by atoms with Gasteiger partial charge >= 0.3 is 0 Å². The van der Waals surface area contributed by atoms with E-state index in [4.69, 9.17) is 0 Å². The molecule has 0 aliphatic carbocycles. The maximum Gasteiger partial charge on any atom is 0.270 e. The number of amides is 1. The van der Waals surface area contributed by atoms with Gasteiger partial charge in [-0.1, -0.05) is 6.07 Å². The van der Waals surface area contributed by atoms with Crippen molar-refractivity contribution in [3.8, 4) is 0 Å². The lowest BCUT2D eigenvalue weighted by atomic mass is 10.3. The Bertz CT molecular complexity index is 665. The van der Waals surface area contributed by atoms with Gasteiger partial charge in [-0.25, -0.2) is 8.42 Å². The van der Waals surface area contributed by atoms with Gasteiger partial charge in [-0.05, 0) is 6.07 Å². The zero-order valence-electron chi connectivity index (χ0n) is 11.4. The number of nitro groups is 1. The number of sulfonamides is 1. The van der Waals surface area contributed by atoms with E-state index < -0.39 is 14.9 Å². The second-order valence-corrected chi connectivity index (χ2v) is 6.60. The van der Waals surface area contributed by atoms with E-state index in [-0.39, 0.29) is 29.6 Å². The van der Waals surface area contributed by atoms with Crippen molar-refractivity contribution in [3.05, 3.63) is 34.4 Å². The molecule has 114 valence electrons. The summed E-state index contributed by atoms with van der Waals surface area (Å²) in [6, 6.07) is 4.97. The number of carbonyl (C=O) groups is 1. The Kier molecular flexibility index (Phi) is 4.24. The number of piperazine rings is 1. The van der Waals surface area contributed by atoms with Gasteiger partial charge < -0.3 is 4.90 Å². The SMILES string of the molecule is CC(=O)N1CCN(S(=O)(=O)c2cccc([N+](=O)[O-])c2)CC1. The highest BCUT2D eigenvalue weighted by atomic mass is 32.2. The van der Waals surface area contributed by atoms with Crippen molar-refractivity contribution in [2.45, 2.75) is 11.8 Å². The van der Waals surface area contributed by atoms with Crippen molar-refractivity contribution in [1.82, 2.24) is 9.21 Å². The molecule has 2 rings (SSSR count). The largest absolute Gasteiger partial charge is 0.340 e. The first-order valence-corrected chi connectivity index (χ1v) is 7.76. The lowest BCUT2D eigenvalue weighted by molar-refractivity contribution is -0.385. The zero-order valence-corrected chi connectivity index (χ0v) is 12.2. The van der Waals surface area contributed by atoms with Crippen LogP contribution in [0.3, 0.4) is 0 Å². The molecule has 1 saturated heterocycles. The Hall–Kier alpha value is -2.00. The Morgan fingerprint density at radius 1 is 1.24 bits per heavy atom. The summed E-state index contributed by atoms with van der Waals surface area (Å²) in [6.45, 7) is 2.45. The highest BCUT2D eigenvalue weighted by Gasteiger charge is 2.30. The maximum atomic E-state index is 12.4. The van der Waals surface area contributed by atoms with Crippen LogP contribution in [-0.4, -0.2) is 54.6 Å². The van der Waals surface area contributed by atoms with Crippen LogP contribution in [0.4, 0.5) is 5.69 Å². The first kappa shape index (κ1) is 15.4. The summed E-state index contributed by atoms with van der Waals surface area (Å²) in [5.74, 6) is -0.0950. The van der Waals surface area contributed by atoms with Gasteiger partial charge in [0.2, 0.25) is 15.9 Å². The number of hydrogen-bond acceptors (Lipinski definition) is 5. The maximum absolute atomic E-state index is 12.4. The minimum absolute atomic E-state index is 0.0950. The number of non-ortho nitro benzene ring substituents is 1. The molecule has 0 N–H and O–H groups in total. The third-order valence-electron chi connectivity index (χ3n) is 3.35. The highest BCUT2D eigenvalue weighted by Crippen LogP contribution is 2.21. The van der Waals surface area contributed by atoms with E-state index in [1.165, 1.54) is 29.4 Å². The number of rotatable bonds is 3. The third kappa shape index (κ3) is 3.19. The summed E-state index contributed by atoms with van der Waals surface area (Å²) >= 11 is 0. The number of nitro benzene ring substituents is 1. The lowest BCUT2D eigenvalue weighted by Gasteiger charge is -2.33. The van der Waals surface area contributed by atoms with Crippen molar-refractivity contribution in [1.29, 1.82) is 0 Å². The zero-order chi connectivity index (χ0) is 15.6. The fourth-order valence-electron chi connectivity index (χ4n) is 2.15. The van der Waals surface area contributed by atoms with Crippen LogP contribution in [0.25, 0.3) is 0 Å². The van der Waals surface area contributed by atoms with E-state index >= 15 is 0 Å². The summed E-state index contributed by atoms with van der Waals surface area (Å²) in [6.07, 6.45) is 0. The molecule has 21 heavy (non-hydrogen) atoms. The predicted octanol–water partition coefficient (Wildman–Crippen LogP) is 0.448. The van der Waals surface area contributed by atoms with Gasteiger partial charge in [0.25, 0.3) is 5.69 Å². The predicted molar refractivity (Wildman–Crippen MR) is 74.1 cm³/mol. The fraction of sp³-hybridized carbons (Fsp3) is 0.417. The number of hydrogen-bond donors (Lipinski definition) is 0. The molecule has 1 amide bonds. The molecule has 0 radical (unpaired) electrons. The van der Waals surface area contributed by atoms with Gasteiger partial charge in [0.15, 0.2) is 0 Å². The Labute approximate surface area is 122 Å². The molecular weight excluding hydrogens is 298 g/mol. The van der Waals surface area contributed by atoms with Crippen LogP contribution in [0, 0.1) is 10.1 Å². The fourth-order valence-corrected chi connectivity index (χ4v) is 3.61. The van der Waals surface area contributed by atoms with Crippen LogP contribution in [0.15, 0.2) is 29.2 Å². The van der Waals surface area contributed by atoms with Gasteiger partial charge in [0.1, 0.15) is 0 Å². The molecule has 1 aromatic carbocycles. The molecule has 9 heteroatoms. The van der Waals surface area contributed by atoms with Crippen molar-refractivity contribution in [2.75, 3.05) is 26.2 Å². The van der Waals surface area contributed by atoms with Crippen molar-refractivity contribution in [2.24, 2.45) is 0 Å². The van der Waals surface area contributed by atoms with Crippen LogP contribution >= 0.6 is 0 Å². The van der Waals surface area contributed by atoms with Crippen LogP contribution in [-0.2, 0) is 14.8 Å². The monoisotopic (exact) mass is 313 g/mol. The van der Waals surface area contributed by atoms with E-state index in [0.29, 0.717) is 13.1 Å². The Balaban J connectivity index is 2.21. The molecule has 1 fully saturated rings. The van der Waals surface area contributed by atoms with Gasteiger partial charge in [-0.2, -0.15) is 4.31 Å². The van der Waals surface area contributed by atoms with Crippen LogP contribution in [0.1, 0.15) is 6.92 Å². The molecule has 1 aromatic rings. The standard InChI is InChI=1S/C12H15N3O5S/c1-10(16)13-5-7-14(8-6-13)21(19,20)12-4-2-3-11(9-12)15(17)18/h2-4,9H,5-8H2,1H3. The smallest absolute Gasteiger partial charge is 0.270 e. The molecule has 0 bridgehead atoms. The minimum Gasteiger partial charge on any atom is -0.340 e. The number of carbonyl (C=O) groups excluding carboxylic acids is 1. The number of benzene rings is 1. The summed E-state index contributed by atoms with van der Waals surface area (Å²) in [4.78, 5) is 22.8. The van der Waals surface area contributed by atoms with E-state index in [2.05, 4.69) is 0 Å². The van der Waals surface area contributed by atoms with Crippen molar-refractivity contribution >= 4 is 21.6 Å². The Morgan fingerprint density at radius 2 is 1.86 bits per heavy atom. The van der Waals surface area contributed by atoms with Crippen LogP contribution in [0.2, 0.25) is 0 Å². The quantitative estimate of drug-likeness (QED) is 0.595. The van der Waals surface area contributed by atoms with Crippen LogP contribution < -0.4 is 0 Å². The summed E-state index contributed by atoms with van der Waals surface area (Å²) < 4.78 is 26.1. The molecule has 1 aliphatic heterocycles. The van der Waals surface area contributed by atoms with E-state index in [9.17, 15) is 23.3 Å². The molecular formula is C12H15N3O5S. The van der Waals surface area contributed by atoms with E-state index in [0.717, 1.165) is 6.07 Å². The average molecular weight is 313 g/mol. The third-order valence-corrected chi connectivity index (χ3v) is 5.24. The van der Waals surface area contributed by atoms with Gasteiger partial charge in [-0.3, -0.25) is 14.9 Å². The van der Waals surface area contributed by atoms with Gasteiger partial charge in [0, 0.05) is 45.2 Å². The molecule has 0 saturated carbocycles. The highest BCUT2D eigenvalue weighted by molar-refractivity contribution is 7.89. The van der Waals surface area contributed by atoms with Gasteiger partial charge in [0.05, 0.1) is 9.82 Å². The molecule has 0 unspecified atom stereocenters. The van der Waals surface area contributed by atoms with Crippen LogP contribution in [0.5, 0.6) is 0 Å². The van der Waals surface area contributed by atoms with E-state index in [1.807, 2.05) is 0 Å². The van der Waals surface area contributed by atoms with Crippen molar-refractivity contribution in [3.63, 3.8) is 0 Å². The molecule has 1 heterocycles. The normalized spacial score (nSPS) is 16.7. The first-order chi connectivity index (χ1) is 9.82. The lowest BCUT2D eigenvalue weighted by Crippen LogP contribution is -2.49. The topological polar surface area (TPSA) is 101 Å².